The van der Waals surface area contributed by atoms with Crippen LogP contribution in [0.5, 0.6) is 0 Å². The summed E-state index contributed by atoms with van der Waals surface area (Å²) in [5.74, 6) is 6.28. The molecule has 0 unspecified atom stereocenters. The Hall–Kier alpha value is -0.740. The van der Waals surface area contributed by atoms with E-state index in [0.717, 1.165) is 12.8 Å². The highest BCUT2D eigenvalue weighted by molar-refractivity contribution is 5.17. The van der Waals surface area contributed by atoms with E-state index in [1.165, 1.54) is 12.8 Å². The van der Waals surface area contributed by atoms with Gasteiger partial charge < -0.3 is 5.11 Å². The first-order valence-electron chi connectivity index (χ1n) is 4.67. The lowest BCUT2D eigenvalue weighted by molar-refractivity contribution is 0.165. The van der Waals surface area contributed by atoms with Crippen LogP contribution in [-0.4, -0.2) is 11.2 Å². The lowest BCUT2D eigenvalue weighted by Crippen LogP contribution is -2.10. The predicted octanol–water partition coefficient (Wildman–Crippen LogP) is 2.12. The fraction of sp³-hybridized carbons (Fsp3) is 0.636. The molecule has 0 amide bonds. The summed E-state index contributed by atoms with van der Waals surface area (Å²) in [5.41, 5.74) is 0. The van der Waals surface area contributed by atoms with E-state index in [1.807, 2.05) is 12.2 Å². The van der Waals surface area contributed by atoms with E-state index in [2.05, 4.69) is 18.8 Å². The van der Waals surface area contributed by atoms with Gasteiger partial charge in [0.15, 0.2) is 0 Å². The number of hydrogen-bond donors (Lipinski definition) is 1. The van der Waals surface area contributed by atoms with Gasteiger partial charge in [-0.25, -0.2) is 0 Å². The minimum atomic E-state index is -0.251. The molecule has 0 saturated carbocycles. The summed E-state index contributed by atoms with van der Waals surface area (Å²) < 4.78 is 0. The molecule has 0 aliphatic heterocycles. The predicted molar refractivity (Wildman–Crippen MR) is 50.6 cm³/mol. The molecule has 2 atom stereocenters. The van der Waals surface area contributed by atoms with Gasteiger partial charge in [0.05, 0.1) is 12.0 Å². The van der Waals surface area contributed by atoms with Crippen LogP contribution in [0.1, 0.15) is 32.6 Å². The molecule has 1 N–H and O–H groups in total. The second-order valence-corrected chi connectivity index (χ2v) is 3.18. The van der Waals surface area contributed by atoms with Crippen LogP contribution in [0.3, 0.4) is 0 Å². The number of rotatable bonds is 2. The Morgan fingerprint density at radius 1 is 1.58 bits per heavy atom. The van der Waals surface area contributed by atoms with Crippen LogP contribution in [0, 0.1) is 17.8 Å². The molecule has 0 aromatic rings. The normalized spacial score (nSPS) is 26.8. The van der Waals surface area contributed by atoms with Crippen LogP contribution in [0.4, 0.5) is 0 Å². The Labute approximate surface area is 74.5 Å². The van der Waals surface area contributed by atoms with Gasteiger partial charge in [0.25, 0.3) is 0 Å². The molecule has 0 saturated heterocycles. The van der Waals surface area contributed by atoms with Crippen molar-refractivity contribution in [3.63, 3.8) is 0 Å². The third-order valence-corrected chi connectivity index (χ3v) is 2.06. The van der Waals surface area contributed by atoms with Gasteiger partial charge in [0.1, 0.15) is 0 Å². The van der Waals surface area contributed by atoms with Crippen LogP contribution in [0.15, 0.2) is 12.2 Å². The Morgan fingerprint density at radius 2 is 2.42 bits per heavy atom. The highest BCUT2D eigenvalue weighted by Crippen LogP contribution is 2.16. The zero-order valence-electron chi connectivity index (χ0n) is 7.59. The Bertz CT molecular complexity index is 207. The lowest BCUT2D eigenvalue weighted by atomic mass is 10.1. The third-order valence-electron chi connectivity index (χ3n) is 2.06. The largest absolute Gasteiger partial charge is 0.391 e. The maximum absolute atomic E-state index is 9.38. The SMILES string of the molecule is CCCCC#C[C@H]1C=CC[C@H]1O. The first-order chi connectivity index (χ1) is 5.84. The summed E-state index contributed by atoms with van der Waals surface area (Å²) in [6.45, 7) is 2.16. The van der Waals surface area contributed by atoms with E-state index in [1.54, 1.807) is 0 Å². The molecule has 1 aliphatic carbocycles. The highest BCUT2D eigenvalue weighted by atomic mass is 16.3. The van der Waals surface area contributed by atoms with Crippen molar-refractivity contribution < 1.29 is 5.11 Å². The number of unbranched alkanes of at least 4 members (excludes halogenated alkanes) is 2. The highest BCUT2D eigenvalue weighted by Gasteiger charge is 2.16. The topological polar surface area (TPSA) is 20.2 Å². The van der Waals surface area contributed by atoms with E-state index in [4.69, 9.17) is 0 Å². The summed E-state index contributed by atoms with van der Waals surface area (Å²) in [6.07, 6.45) is 7.85. The summed E-state index contributed by atoms with van der Waals surface area (Å²) in [4.78, 5) is 0. The first-order valence-corrected chi connectivity index (χ1v) is 4.67. The van der Waals surface area contributed by atoms with Gasteiger partial charge >= 0.3 is 0 Å². The van der Waals surface area contributed by atoms with E-state index in [0.29, 0.717) is 0 Å². The number of aliphatic hydroxyl groups is 1. The van der Waals surface area contributed by atoms with Gasteiger partial charge in [-0.2, -0.15) is 0 Å². The van der Waals surface area contributed by atoms with E-state index in [9.17, 15) is 5.11 Å². The molecule has 1 aliphatic rings. The van der Waals surface area contributed by atoms with E-state index < -0.39 is 0 Å². The molecule has 0 spiro atoms. The quantitative estimate of drug-likeness (QED) is 0.376. The average Bonchev–Trinajstić information content (AvgIpc) is 2.46. The smallest absolute Gasteiger partial charge is 0.0747 e. The van der Waals surface area contributed by atoms with Crippen molar-refractivity contribution in [3.05, 3.63) is 12.2 Å². The molecule has 12 heavy (non-hydrogen) atoms. The molecule has 0 aromatic carbocycles. The summed E-state index contributed by atoms with van der Waals surface area (Å²) >= 11 is 0. The van der Waals surface area contributed by atoms with Crippen molar-refractivity contribution in [3.8, 4) is 11.8 Å². The molecule has 0 heterocycles. The van der Waals surface area contributed by atoms with Crippen molar-refractivity contribution in [1.82, 2.24) is 0 Å². The van der Waals surface area contributed by atoms with Crippen molar-refractivity contribution in [2.75, 3.05) is 0 Å². The fourth-order valence-corrected chi connectivity index (χ4v) is 1.24. The lowest BCUT2D eigenvalue weighted by Gasteiger charge is -2.04. The minimum Gasteiger partial charge on any atom is -0.391 e. The van der Waals surface area contributed by atoms with Gasteiger partial charge in [-0.3, -0.25) is 0 Å². The van der Waals surface area contributed by atoms with Gasteiger partial charge in [-0.15, -0.1) is 5.92 Å². The molecule has 0 radical (unpaired) electrons. The second-order valence-electron chi connectivity index (χ2n) is 3.18. The molecule has 1 heteroatoms. The average molecular weight is 164 g/mol. The Morgan fingerprint density at radius 3 is 3.00 bits per heavy atom. The molecular formula is C11H16O. The van der Waals surface area contributed by atoms with Crippen molar-refractivity contribution in [2.24, 2.45) is 5.92 Å². The fourth-order valence-electron chi connectivity index (χ4n) is 1.24. The standard InChI is InChI=1S/C11H16O/c1-2-3-4-5-7-10-8-6-9-11(10)12/h6,8,10-12H,2-4,9H2,1H3/t10-,11+/m0/s1. The Balaban J connectivity index is 2.27. The van der Waals surface area contributed by atoms with Gasteiger partial charge in [0, 0.05) is 6.42 Å². The van der Waals surface area contributed by atoms with Crippen molar-refractivity contribution >= 4 is 0 Å². The van der Waals surface area contributed by atoms with Gasteiger partial charge in [0.2, 0.25) is 0 Å². The summed E-state index contributed by atoms with van der Waals surface area (Å²) in [6, 6.07) is 0. The minimum absolute atomic E-state index is 0.0989. The Kier molecular flexibility index (Phi) is 3.90. The van der Waals surface area contributed by atoms with E-state index >= 15 is 0 Å². The van der Waals surface area contributed by atoms with E-state index in [-0.39, 0.29) is 12.0 Å². The van der Waals surface area contributed by atoms with Gasteiger partial charge in [-0.1, -0.05) is 31.4 Å². The first kappa shape index (κ1) is 9.35. The third kappa shape index (κ3) is 2.71. The molecule has 0 fully saturated rings. The summed E-state index contributed by atoms with van der Waals surface area (Å²) in [7, 11) is 0. The summed E-state index contributed by atoms with van der Waals surface area (Å²) in [5, 5.41) is 9.38. The monoisotopic (exact) mass is 164 g/mol. The van der Waals surface area contributed by atoms with Crippen LogP contribution < -0.4 is 0 Å². The second kappa shape index (κ2) is 5.00. The van der Waals surface area contributed by atoms with Crippen molar-refractivity contribution in [2.45, 2.75) is 38.7 Å². The number of aliphatic hydroxyl groups excluding tert-OH is 1. The van der Waals surface area contributed by atoms with Crippen LogP contribution in [0.2, 0.25) is 0 Å². The molecule has 66 valence electrons. The van der Waals surface area contributed by atoms with Crippen LogP contribution in [-0.2, 0) is 0 Å². The molecule has 0 bridgehead atoms. The molecule has 1 rings (SSSR count). The van der Waals surface area contributed by atoms with Crippen LogP contribution in [0.25, 0.3) is 0 Å². The maximum Gasteiger partial charge on any atom is 0.0747 e. The van der Waals surface area contributed by atoms with Crippen molar-refractivity contribution in [1.29, 1.82) is 0 Å². The van der Waals surface area contributed by atoms with Gasteiger partial charge in [-0.05, 0) is 12.8 Å². The van der Waals surface area contributed by atoms with Crippen LogP contribution >= 0.6 is 0 Å². The zero-order valence-corrected chi connectivity index (χ0v) is 7.59. The maximum atomic E-state index is 9.38. The molecule has 0 aromatic heterocycles. The molecule has 1 nitrogen and oxygen atoms in total. The number of hydrogen-bond acceptors (Lipinski definition) is 1. The zero-order chi connectivity index (χ0) is 8.81. The molecular weight excluding hydrogens is 148 g/mol.